The van der Waals surface area contributed by atoms with Crippen molar-refractivity contribution in [2.45, 2.75) is 26.7 Å². The lowest BCUT2D eigenvalue weighted by Crippen LogP contribution is -2.07. The van der Waals surface area contributed by atoms with Crippen molar-refractivity contribution in [3.05, 3.63) is 11.2 Å². The van der Waals surface area contributed by atoms with Crippen molar-refractivity contribution in [2.75, 3.05) is 23.7 Å². The van der Waals surface area contributed by atoms with Crippen LogP contribution >= 0.6 is 11.6 Å². The minimum Gasteiger partial charge on any atom is -0.369 e. The first kappa shape index (κ1) is 12.0. The zero-order valence-electron chi connectivity index (χ0n) is 9.18. The number of anilines is 2. The Morgan fingerprint density at radius 1 is 1.33 bits per heavy atom. The fourth-order valence-corrected chi connectivity index (χ4v) is 1.28. The molecule has 0 radical (unpaired) electrons. The largest absolute Gasteiger partial charge is 0.369 e. The Bertz CT molecular complexity index is 303. The Hall–Kier alpha value is -1.03. The highest BCUT2D eigenvalue weighted by molar-refractivity contribution is 6.32. The van der Waals surface area contributed by atoms with Crippen LogP contribution in [-0.4, -0.2) is 23.1 Å². The molecular weight excluding hydrogens is 212 g/mol. The predicted octanol–water partition coefficient (Wildman–Crippen LogP) is 2.77. The second kappa shape index (κ2) is 6.45. The molecule has 5 heteroatoms. The van der Waals surface area contributed by atoms with Crippen LogP contribution in [0.1, 0.15) is 26.7 Å². The summed E-state index contributed by atoms with van der Waals surface area (Å²) in [5.74, 6) is 1.32. The molecule has 0 amide bonds. The third-order valence-electron chi connectivity index (χ3n) is 1.90. The van der Waals surface area contributed by atoms with Crippen molar-refractivity contribution in [1.82, 2.24) is 9.97 Å². The summed E-state index contributed by atoms with van der Waals surface area (Å²) in [5.41, 5.74) is 0. The second-order valence-corrected chi connectivity index (χ2v) is 3.61. The molecule has 84 valence electrons. The average molecular weight is 229 g/mol. The molecule has 0 aromatic carbocycles. The first-order chi connectivity index (χ1) is 7.27. The summed E-state index contributed by atoms with van der Waals surface area (Å²) in [6.45, 7) is 5.84. The van der Waals surface area contributed by atoms with Crippen LogP contribution in [0, 0.1) is 0 Å². The van der Waals surface area contributed by atoms with Crippen molar-refractivity contribution in [3.8, 4) is 0 Å². The summed E-state index contributed by atoms with van der Waals surface area (Å²) in [7, 11) is 0. The van der Waals surface area contributed by atoms with E-state index in [0.29, 0.717) is 16.8 Å². The maximum absolute atomic E-state index is 5.96. The number of aromatic nitrogens is 2. The van der Waals surface area contributed by atoms with E-state index in [1.165, 1.54) is 0 Å². The third-order valence-corrected chi connectivity index (χ3v) is 2.18. The van der Waals surface area contributed by atoms with Gasteiger partial charge in [-0.25, -0.2) is 4.98 Å². The normalized spacial score (nSPS) is 10.1. The van der Waals surface area contributed by atoms with Gasteiger partial charge in [-0.2, -0.15) is 4.98 Å². The average Bonchev–Trinajstić information content (AvgIpc) is 2.23. The van der Waals surface area contributed by atoms with Gasteiger partial charge in [-0.3, -0.25) is 0 Å². The molecular formula is C10H17ClN4. The summed E-state index contributed by atoms with van der Waals surface area (Å²) in [6.07, 6.45) is 3.87. The van der Waals surface area contributed by atoms with E-state index in [4.69, 9.17) is 11.6 Å². The highest BCUT2D eigenvalue weighted by Crippen LogP contribution is 2.19. The maximum Gasteiger partial charge on any atom is 0.224 e. The fourth-order valence-electron chi connectivity index (χ4n) is 1.12. The Labute approximate surface area is 95.5 Å². The smallest absolute Gasteiger partial charge is 0.224 e. The number of unbranched alkanes of at least 4 members (excludes halogenated alkanes) is 1. The van der Waals surface area contributed by atoms with Crippen LogP contribution in [0.4, 0.5) is 11.8 Å². The number of halogens is 1. The van der Waals surface area contributed by atoms with Gasteiger partial charge in [0.05, 0.1) is 6.20 Å². The molecule has 0 unspecified atom stereocenters. The lowest BCUT2D eigenvalue weighted by molar-refractivity contribution is 0.830. The van der Waals surface area contributed by atoms with Gasteiger partial charge in [0.2, 0.25) is 5.95 Å². The molecule has 4 nitrogen and oxygen atoms in total. The standard InChI is InChI=1S/C10H17ClN4/c1-3-5-6-13-9-8(11)7-14-10(15-9)12-4-2/h7H,3-6H2,1-2H3,(H2,12,13,14,15). The number of nitrogens with zero attached hydrogens (tertiary/aromatic N) is 2. The predicted molar refractivity (Wildman–Crippen MR) is 64.6 cm³/mol. The van der Waals surface area contributed by atoms with E-state index in [2.05, 4.69) is 27.5 Å². The summed E-state index contributed by atoms with van der Waals surface area (Å²) in [6, 6.07) is 0. The summed E-state index contributed by atoms with van der Waals surface area (Å²) >= 11 is 5.96. The summed E-state index contributed by atoms with van der Waals surface area (Å²) < 4.78 is 0. The quantitative estimate of drug-likeness (QED) is 0.736. The van der Waals surface area contributed by atoms with Crippen LogP contribution in [0.15, 0.2) is 6.20 Å². The number of nitrogens with one attached hydrogen (secondary N) is 2. The molecule has 1 aromatic heterocycles. The van der Waals surface area contributed by atoms with Crippen LogP contribution in [0.5, 0.6) is 0 Å². The van der Waals surface area contributed by atoms with Crippen LogP contribution in [-0.2, 0) is 0 Å². The first-order valence-corrected chi connectivity index (χ1v) is 5.66. The van der Waals surface area contributed by atoms with Crippen molar-refractivity contribution in [2.24, 2.45) is 0 Å². The van der Waals surface area contributed by atoms with E-state index >= 15 is 0 Å². The van der Waals surface area contributed by atoms with Crippen LogP contribution in [0.3, 0.4) is 0 Å². The van der Waals surface area contributed by atoms with Crippen molar-refractivity contribution < 1.29 is 0 Å². The third kappa shape index (κ3) is 3.91. The molecule has 0 aliphatic heterocycles. The molecule has 0 aliphatic rings. The zero-order valence-corrected chi connectivity index (χ0v) is 9.93. The van der Waals surface area contributed by atoms with Crippen LogP contribution < -0.4 is 10.6 Å². The molecule has 15 heavy (non-hydrogen) atoms. The zero-order chi connectivity index (χ0) is 11.1. The molecule has 1 rings (SSSR count). The molecule has 1 aromatic rings. The van der Waals surface area contributed by atoms with Crippen molar-refractivity contribution in [3.63, 3.8) is 0 Å². The molecule has 0 fully saturated rings. The molecule has 0 saturated carbocycles. The first-order valence-electron chi connectivity index (χ1n) is 5.28. The number of hydrogen-bond acceptors (Lipinski definition) is 4. The number of rotatable bonds is 6. The molecule has 1 heterocycles. The molecule has 0 bridgehead atoms. The Kier molecular flexibility index (Phi) is 5.18. The van der Waals surface area contributed by atoms with Gasteiger partial charge < -0.3 is 10.6 Å². The topological polar surface area (TPSA) is 49.8 Å². The summed E-state index contributed by atoms with van der Waals surface area (Å²) in [4.78, 5) is 8.33. The van der Waals surface area contributed by atoms with Crippen LogP contribution in [0.2, 0.25) is 5.02 Å². The van der Waals surface area contributed by atoms with E-state index in [1.807, 2.05) is 6.92 Å². The van der Waals surface area contributed by atoms with Gasteiger partial charge in [0.25, 0.3) is 0 Å². The van der Waals surface area contributed by atoms with E-state index in [9.17, 15) is 0 Å². The Balaban J connectivity index is 2.63. The van der Waals surface area contributed by atoms with Crippen molar-refractivity contribution >= 4 is 23.4 Å². The highest BCUT2D eigenvalue weighted by atomic mass is 35.5. The van der Waals surface area contributed by atoms with Gasteiger partial charge >= 0.3 is 0 Å². The Morgan fingerprint density at radius 2 is 2.13 bits per heavy atom. The molecule has 0 atom stereocenters. The minimum atomic E-state index is 0.563. The SMILES string of the molecule is CCCCNc1nc(NCC)ncc1Cl. The van der Waals surface area contributed by atoms with Gasteiger partial charge in [0.1, 0.15) is 10.8 Å². The molecule has 2 N–H and O–H groups in total. The maximum atomic E-state index is 5.96. The van der Waals surface area contributed by atoms with Gasteiger partial charge in [0, 0.05) is 13.1 Å². The lowest BCUT2D eigenvalue weighted by Gasteiger charge is -2.08. The van der Waals surface area contributed by atoms with Gasteiger partial charge in [-0.1, -0.05) is 24.9 Å². The number of hydrogen-bond donors (Lipinski definition) is 2. The van der Waals surface area contributed by atoms with Crippen LogP contribution in [0.25, 0.3) is 0 Å². The lowest BCUT2D eigenvalue weighted by atomic mass is 10.3. The molecule has 0 saturated heterocycles. The van der Waals surface area contributed by atoms with E-state index in [1.54, 1.807) is 6.20 Å². The van der Waals surface area contributed by atoms with E-state index in [-0.39, 0.29) is 0 Å². The van der Waals surface area contributed by atoms with Gasteiger partial charge in [-0.05, 0) is 13.3 Å². The van der Waals surface area contributed by atoms with E-state index in [0.717, 1.165) is 25.9 Å². The summed E-state index contributed by atoms with van der Waals surface area (Å²) in [5, 5.41) is 6.80. The fraction of sp³-hybridized carbons (Fsp3) is 0.600. The van der Waals surface area contributed by atoms with Gasteiger partial charge in [-0.15, -0.1) is 0 Å². The molecule has 0 aliphatic carbocycles. The van der Waals surface area contributed by atoms with E-state index < -0.39 is 0 Å². The second-order valence-electron chi connectivity index (χ2n) is 3.20. The Morgan fingerprint density at radius 3 is 2.80 bits per heavy atom. The minimum absolute atomic E-state index is 0.563. The molecule has 0 spiro atoms. The monoisotopic (exact) mass is 228 g/mol. The highest BCUT2D eigenvalue weighted by Gasteiger charge is 2.03. The van der Waals surface area contributed by atoms with Gasteiger partial charge in [0.15, 0.2) is 0 Å². The van der Waals surface area contributed by atoms with Crippen molar-refractivity contribution in [1.29, 1.82) is 0 Å².